The van der Waals surface area contributed by atoms with Gasteiger partial charge in [-0.05, 0) is 81.6 Å². The van der Waals surface area contributed by atoms with Gasteiger partial charge in [-0.15, -0.1) is 0 Å². The fraction of sp³-hybridized carbons (Fsp3) is 0. The van der Waals surface area contributed by atoms with Gasteiger partial charge in [0.05, 0.1) is 0 Å². The lowest BCUT2D eigenvalue weighted by atomic mass is 10.00. The molecule has 0 spiro atoms. The lowest BCUT2D eigenvalue weighted by Gasteiger charge is -2.02. The quantitative estimate of drug-likeness (QED) is 0.256. The van der Waals surface area contributed by atoms with Crippen molar-refractivity contribution in [2.45, 2.75) is 0 Å². The summed E-state index contributed by atoms with van der Waals surface area (Å²) in [5.74, 6) is 0. The molecule has 0 radical (unpaired) electrons. The molecule has 36 heavy (non-hydrogen) atoms. The zero-order valence-corrected chi connectivity index (χ0v) is 19.4. The number of hydrogen-bond donors (Lipinski definition) is 0. The molecule has 168 valence electrons. The molecule has 2 heteroatoms. The van der Waals surface area contributed by atoms with Crippen LogP contribution in [0.3, 0.4) is 0 Å². The molecule has 0 aliphatic heterocycles. The summed E-state index contributed by atoms with van der Waals surface area (Å²) >= 11 is 0. The van der Waals surface area contributed by atoms with E-state index in [2.05, 4.69) is 109 Å². The second-order valence-corrected chi connectivity index (χ2v) is 9.40. The highest BCUT2D eigenvalue weighted by Gasteiger charge is 2.14. The molecule has 6 aromatic carbocycles. The van der Waals surface area contributed by atoms with E-state index in [1.165, 1.54) is 22.3 Å². The van der Waals surface area contributed by atoms with Crippen LogP contribution in [-0.4, -0.2) is 0 Å². The van der Waals surface area contributed by atoms with E-state index in [0.717, 1.165) is 54.6 Å². The summed E-state index contributed by atoms with van der Waals surface area (Å²) in [5.41, 5.74) is 8.39. The molecule has 0 bridgehead atoms. The Balaban J connectivity index is 1.34. The topological polar surface area (TPSA) is 26.3 Å². The molecule has 8 rings (SSSR count). The molecular weight excluding hydrogens is 440 g/mol. The number of furan rings is 2. The van der Waals surface area contributed by atoms with Crippen molar-refractivity contribution in [3.63, 3.8) is 0 Å². The average Bonchev–Trinajstić information content (AvgIpc) is 3.47. The Morgan fingerprint density at radius 2 is 0.722 bits per heavy atom. The van der Waals surface area contributed by atoms with Crippen molar-refractivity contribution in [2.75, 3.05) is 0 Å². The fourth-order valence-electron chi connectivity index (χ4n) is 5.41. The van der Waals surface area contributed by atoms with Crippen LogP contribution in [0.15, 0.2) is 130 Å². The van der Waals surface area contributed by atoms with Crippen molar-refractivity contribution in [3.05, 3.63) is 121 Å². The van der Waals surface area contributed by atoms with Crippen molar-refractivity contribution in [1.29, 1.82) is 0 Å². The van der Waals surface area contributed by atoms with E-state index in [4.69, 9.17) is 8.83 Å². The molecule has 0 atom stereocenters. The van der Waals surface area contributed by atoms with Crippen LogP contribution in [0.5, 0.6) is 0 Å². The fourth-order valence-corrected chi connectivity index (χ4v) is 5.41. The van der Waals surface area contributed by atoms with Gasteiger partial charge in [-0.25, -0.2) is 0 Å². The second kappa shape index (κ2) is 7.34. The number of fused-ring (bicyclic) bond motifs is 7. The molecular formula is C34H20O2. The van der Waals surface area contributed by atoms with Gasteiger partial charge in [0.25, 0.3) is 0 Å². The van der Waals surface area contributed by atoms with Gasteiger partial charge in [0, 0.05) is 21.5 Å². The third-order valence-electron chi connectivity index (χ3n) is 7.23. The summed E-state index contributed by atoms with van der Waals surface area (Å²) in [4.78, 5) is 0. The van der Waals surface area contributed by atoms with Crippen LogP contribution in [0.2, 0.25) is 0 Å². The molecule has 0 aliphatic rings. The zero-order chi connectivity index (χ0) is 23.6. The van der Waals surface area contributed by atoms with E-state index < -0.39 is 0 Å². The Hall–Kier alpha value is -4.82. The Bertz CT molecular complexity index is 1920. The lowest BCUT2D eigenvalue weighted by Crippen LogP contribution is -1.78. The number of hydrogen-bond acceptors (Lipinski definition) is 2. The second-order valence-electron chi connectivity index (χ2n) is 9.40. The monoisotopic (exact) mass is 460 g/mol. The Kier molecular flexibility index (Phi) is 3.97. The first kappa shape index (κ1) is 19.5. The minimum Gasteiger partial charge on any atom is -0.456 e. The van der Waals surface area contributed by atoms with E-state index >= 15 is 0 Å². The molecule has 2 heterocycles. The highest BCUT2D eigenvalue weighted by molar-refractivity contribution is 6.15. The van der Waals surface area contributed by atoms with E-state index in [9.17, 15) is 0 Å². The largest absolute Gasteiger partial charge is 0.456 e. The zero-order valence-electron chi connectivity index (χ0n) is 19.4. The van der Waals surface area contributed by atoms with E-state index in [1.807, 2.05) is 12.1 Å². The summed E-state index contributed by atoms with van der Waals surface area (Å²) in [6.45, 7) is 0. The predicted molar refractivity (Wildman–Crippen MR) is 149 cm³/mol. The molecule has 8 aromatic rings. The summed E-state index contributed by atoms with van der Waals surface area (Å²) in [6.07, 6.45) is 0. The maximum atomic E-state index is 6.29. The summed E-state index contributed by atoms with van der Waals surface area (Å²) in [5, 5.41) is 6.79. The normalized spacial score (nSPS) is 11.9. The Morgan fingerprint density at radius 3 is 1.17 bits per heavy atom. The number of benzene rings is 6. The van der Waals surface area contributed by atoms with Crippen molar-refractivity contribution >= 4 is 54.6 Å². The average molecular weight is 461 g/mol. The molecule has 0 fully saturated rings. The molecule has 0 unspecified atom stereocenters. The molecule has 2 aromatic heterocycles. The molecule has 0 amide bonds. The van der Waals surface area contributed by atoms with Crippen LogP contribution >= 0.6 is 0 Å². The first-order chi connectivity index (χ1) is 17.8. The van der Waals surface area contributed by atoms with Crippen molar-refractivity contribution in [3.8, 4) is 22.3 Å². The predicted octanol–water partition coefficient (Wildman–Crippen LogP) is 9.97. The Morgan fingerprint density at radius 1 is 0.306 bits per heavy atom. The van der Waals surface area contributed by atoms with Gasteiger partial charge >= 0.3 is 0 Å². The van der Waals surface area contributed by atoms with Crippen LogP contribution in [-0.2, 0) is 0 Å². The van der Waals surface area contributed by atoms with E-state index in [0.29, 0.717) is 0 Å². The Labute approximate surface area is 207 Å². The lowest BCUT2D eigenvalue weighted by molar-refractivity contribution is 0.668. The van der Waals surface area contributed by atoms with Crippen molar-refractivity contribution < 1.29 is 8.83 Å². The van der Waals surface area contributed by atoms with Gasteiger partial charge in [0.2, 0.25) is 0 Å². The first-order valence-electron chi connectivity index (χ1n) is 12.2. The van der Waals surface area contributed by atoms with Crippen LogP contribution in [0.1, 0.15) is 0 Å². The summed E-state index contributed by atoms with van der Waals surface area (Å²) in [6, 6.07) is 42.6. The van der Waals surface area contributed by atoms with Crippen LogP contribution < -0.4 is 0 Å². The van der Waals surface area contributed by atoms with Gasteiger partial charge < -0.3 is 8.83 Å². The van der Waals surface area contributed by atoms with Crippen molar-refractivity contribution in [1.82, 2.24) is 0 Å². The van der Waals surface area contributed by atoms with Gasteiger partial charge in [-0.3, -0.25) is 0 Å². The standard InChI is InChI=1S/C34H20O2/c1-3-7-21(8-4-1)23-11-13-31-27(15-23)29-17-25-20-34-30(18-26(25)19-33(29)35-31)28-16-24(12-14-32(28)36-34)22-9-5-2-6-10-22/h1-20H. The minimum atomic E-state index is 0.903. The van der Waals surface area contributed by atoms with E-state index in [-0.39, 0.29) is 0 Å². The summed E-state index contributed by atoms with van der Waals surface area (Å²) in [7, 11) is 0. The van der Waals surface area contributed by atoms with Gasteiger partial charge in [0.1, 0.15) is 22.3 Å². The van der Waals surface area contributed by atoms with Gasteiger partial charge in [-0.2, -0.15) is 0 Å². The number of rotatable bonds is 2. The van der Waals surface area contributed by atoms with Gasteiger partial charge in [-0.1, -0.05) is 72.8 Å². The van der Waals surface area contributed by atoms with Crippen LogP contribution in [0, 0.1) is 0 Å². The third-order valence-corrected chi connectivity index (χ3v) is 7.23. The molecule has 0 N–H and O–H groups in total. The molecule has 0 saturated heterocycles. The minimum absolute atomic E-state index is 0.903. The molecule has 0 aliphatic carbocycles. The van der Waals surface area contributed by atoms with E-state index in [1.54, 1.807) is 0 Å². The van der Waals surface area contributed by atoms with Crippen LogP contribution in [0.25, 0.3) is 76.9 Å². The molecule has 0 saturated carbocycles. The van der Waals surface area contributed by atoms with Gasteiger partial charge in [0.15, 0.2) is 0 Å². The highest BCUT2D eigenvalue weighted by atomic mass is 16.3. The SMILES string of the molecule is c1ccc(-c2ccc3oc4cc5cc6c(cc5cc4c3c2)oc2ccc(-c3ccccc3)cc26)cc1. The maximum Gasteiger partial charge on any atom is 0.136 e. The van der Waals surface area contributed by atoms with Crippen molar-refractivity contribution in [2.24, 2.45) is 0 Å². The summed E-state index contributed by atoms with van der Waals surface area (Å²) < 4.78 is 12.6. The van der Waals surface area contributed by atoms with Crippen LogP contribution in [0.4, 0.5) is 0 Å². The third kappa shape index (κ3) is 2.91. The highest BCUT2D eigenvalue weighted by Crippen LogP contribution is 2.38. The smallest absolute Gasteiger partial charge is 0.136 e. The maximum absolute atomic E-state index is 6.29. The first-order valence-corrected chi connectivity index (χ1v) is 12.2. The molecule has 2 nitrogen and oxygen atoms in total.